The largest absolute Gasteiger partial charge is 0.509 e. The summed E-state index contributed by atoms with van der Waals surface area (Å²) < 4.78 is 14.3. The number of ether oxygens (including phenoxy) is 3. The average molecular weight is 172 g/mol. The minimum atomic E-state index is -1.07. The molecule has 2 heterocycles. The van der Waals surface area contributed by atoms with Crippen molar-refractivity contribution in [3.63, 3.8) is 0 Å². The van der Waals surface area contributed by atoms with Crippen LogP contribution in [0.5, 0.6) is 0 Å². The lowest BCUT2D eigenvalue weighted by molar-refractivity contribution is -0.0251. The molecule has 0 saturated carbocycles. The summed E-state index contributed by atoms with van der Waals surface area (Å²) in [5.74, 6) is 0. The van der Waals surface area contributed by atoms with Crippen LogP contribution in [0, 0.1) is 6.92 Å². The van der Waals surface area contributed by atoms with Gasteiger partial charge >= 0.3 is 6.16 Å². The van der Waals surface area contributed by atoms with E-state index in [0.717, 1.165) is 0 Å². The number of carbonyl (C=O) groups excluding carboxylic acids is 1. The van der Waals surface area contributed by atoms with E-state index in [0.29, 0.717) is 0 Å². The number of rotatable bonds is 0. The Kier molecular flexibility index (Phi) is 1.52. The summed E-state index contributed by atoms with van der Waals surface area (Å²) in [4.78, 5) is 10.6. The zero-order chi connectivity index (χ0) is 8.77. The van der Waals surface area contributed by atoms with Crippen molar-refractivity contribution >= 4 is 6.16 Å². The first-order chi connectivity index (χ1) is 5.64. The summed E-state index contributed by atoms with van der Waals surface area (Å²) in [6.45, 7) is 5.44. The van der Waals surface area contributed by atoms with Gasteiger partial charge in [-0.3, -0.25) is 0 Å². The molecular formula is C7H8O5. The second-order valence-corrected chi connectivity index (χ2v) is 2.93. The molecular weight excluding hydrogens is 164 g/mol. The van der Waals surface area contributed by atoms with E-state index in [4.69, 9.17) is 16.4 Å². The molecule has 2 aliphatic rings. The van der Waals surface area contributed by atoms with Crippen molar-refractivity contribution in [2.24, 2.45) is 0 Å². The number of aliphatic hydroxyl groups excluding tert-OH is 1. The van der Waals surface area contributed by atoms with Gasteiger partial charge in [0.2, 0.25) is 5.60 Å². The fraction of sp³-hybridized carbons (Fsp3) is 0.714. The number of cyclic esters (lactones) is 1. The minimum absolute atomic E-state index is 0.000694. The van der Waals surface area contributed by atoms with Crippen LogP contribution in [0.1, 0.15) is 0 Å². The Morgan fingerprint density at radius 1 is 1.58 bits per heavy atom. The Bertz CT molecular complexity index is 216. The standard InChI is InChI=1S/C7H8O5/c1-4-5(8)7(2-10-4)3-11-6(9)12-7/h1,4-5,8H,2-3H2/t4-,5?,7-/m0/s1. The number of hydrogen-bond acceptors (Lipinski definition) is 5. The maximum atomic E-state index is 10.6. The van der Waals surface area contributed by atoms with Crippen molar-refractivity contribution in [1.29, 1.82) is 0 Å². The fourth-order valence-corrected chi connectivity index (χ4v) is 1.34. The predicted molar refractivity (Wildman–Crippen MR) is 35.2 cm³/mol. The Labute approximate surface area is 69.2 Å². The molecule has 2 aliphatic heterocycles. The molecule has 2 radical (unpaired) electrons. The molecule has 1 N–H and O–H groups in total. The third-order valence-corrected chi connectivity index (χ3v) is 2.09. The van der Waals surface area contributed by atoms with E-state index < -0.39 is 24.0 Å². The Hall–Kier alpha value is -0.810. The molecule has 0 aromatic carbocycles. The van der Waals surface area contributed by atoms with Gasteiger partial charge in [0.25, 0.3) is 0 Å². The van der Waals surface area contributed by atoms with Crippen LogP contribution in [0.25, 0.3) is 0 Å². The Morgan fingerprint density at radius 2 is 2.33 bits per heavy atom. The van der Waals surface area contributed by atoms with E-state index in [2.05, 4.69) is 4.74 Å². The lowest BCUT2D eigenvalue weighted by Crippen LogP contribution is -2.45. The first-order valence-corrected chi connectivity index (χ1v) is 3.55. The topological polar surface area (TPSA) is 65.0 Å². The van der Waals surface area contributed by atoms with Crippen molar-refractivity contribution in [2.75, 3.05) is 13.2 Å². The van der Waals surface area contributed by atoms with Crippen LogP contribution >= 0.6 is 0 Å². The lowest BCUT2D eigenvalue weighted by Gasteiger charge is -2.21. The number of hydrogen-bond donors (Lipinski definition) is 1. The van der Waals surface area contributed by atoms with Gasteiger partial charge in [0.15, 0.2) is 0 Å². The molecule has 1 spiro atoms. The molecule has 5 heteroatoms. The molecule has 3 atom stereocenters. The quantitative estimate of drug-likeness (QED) is 0.492. The smallest absolute Gasteiger partial charge is 0.430 e. The Morgan fingerprint density at radius 3 is 2.75 bits per heavy atom. The number of aliphatic hydroxyl groups is 1. The van der Waals surface area contributed by atoms with Crippen LogP contribution < -0.4 is 0 Å². The van der Waals surface area contributed by atoms with Gasteiger partial charge < -0.3 is 19.3 Å². The van der Waals surface area contributed by atoms with Gasteiger partial charge in [0.05, 0.1) is 12.7 Å². The van der Waals surface area contributed by atoms with Gasteiger partial charge in [-0.2, -0.15) is 0 Å². The second kappa shape index (κ2) is 2.34. The molecule has 2 rings (SSSR count). The molecule has 12 heavy (non-hydrogen) atoms. The van der Waals surface area contributed by atoms with Gasteiger partial charge in [-0.25, -0.2) is 4.79 Å². The van der Waals surface area contributed by atoms with Crippen LogP contribution in [0.4, 0.5) is 4.79 Å². The lowest BCUT2D eigenvalue weighted by atomic mass is 9.98. The molecule has 0 aliphatic carbocycles. The van der Waals surface area contributed by atoms with E-state index >= 15 is 0 Å². The highest BCUT2D eigenvalue weighted by Crippen LogP contribution is 2.32. The summed E-state index contributed by atoms with van der Waals surface area (Å²) in [6.07, 6.45) is -2.60. The summed E-state index contributed by atoms with van der Waals surface area (Å²) >= 11 is 0. The molecule has 5 nitrogen and oxygen atoms in total. The summed E-state index contributed by atoms with van der Waals surface area (Å²) in [5, 5.41) is 9.46. The maximum Gasteiger partial charge on any atom is 0.509 e. The molecule has 66 valence electrons. The fourth-order valence-electron chi connectivity index (χ4n) is 1.34. The maximum absolute atomic E-state index is 10.6. The number of carbonyl (C=O) groups is 1. The SMILES string of the molecule is [CH][C@@H]1OC[C@]2(COC(=O)O2)C1O. The van der Waals surface area contributed by atoms with E-state index in [9.17, 15) is 9.90 Å². The van der Waals surface area contributed by atoms with Crippen LogP contribution in [0.15, 0.2) is 0 Å². The van der Waals surface area contributed by atoms with Crippen LogP contribution in [0.2, 0.25) is 0 Å². The molecule has 1 unspecified atom stereocenters. The molecule has 0 aromatic heterocycles. The summed E-state index contributed by atoms with van der Waals surface area (Å²) in [6, 6.07) is 0. The van der Waals surface area contributed by atoms with Crippen molar-refractivity contribution in [3.8, 4) is 0 Å². The van der Waals surface area contributed by atoms with Gasteiger partial charge in [0, 0.05) is 0 Å². The summed E-state index contributed by atoms with van der Waals surface area (Å²) in [7, 11) is 0. The van der Waals surface area contributed by atoms with E-state index in [1.54, 1.807) is 0 Å². The molecule has 2 saturated heterocycles. The first-order valence-electron chi connectivity index (χ1n) is 3.55. The normalized spacial score (nSPS) is 46.3. The first kappa shape index (κ1) is 7.82. The molecule has 0 aromatic rings. The van der Waals surface area contributed by atoms with Gasteiger partial charge in [0.1, 0.15) is 12.7 Å². The highest BCUT2D eigenvalue weighted by Gasteiger charge is 2.55. The predicted octanol–water partition coefficient (Wildman–Crippen LogP) is -0.637. The zero-order valence-electron chi connectivity index (χ0n) is 6.23. The Balaban J connectivity index is 2.17. The second-order valence-electron chi connectivity index (χ2n) is 2.93. The van der Waals surface area contributed by atoms with E-state index in [-0.39, 0.29) is 13.2 Å². The van der Waals surface area contributed by atoms with Crippen LogP contribution in [-0.4, -0.2) is 42.3 Å². The van der Waals surface area contributed by atoms with Gasteiger partial charge in [-0.15, -0.1) is 0 Å². The average Bonchev–Trinajstić information content (AvgIpc) is 2.53. The van der Waals surface area contributed by atoms with Crippen LogP contribution in [-0.2, 0) is 14.2 Å². The third kappa shape index (κ3) is 0.899. The van der Waals surface area contributed by atoms with Crippen molar-refractivity contribution < 1.29 is 24.1 Å². The van der Waals surface area contributed by atoms with Crippen molar-refractivity contribution in [2.45, 2.75) is 17.8 Å². The molecule has 0 bridgehead atoms. The van der Waals surface area contributed by atoms with Gasteiger partial charge in [-0.1, -0.05) is 0 Å². The summed E-state index contributed by atoms with van der Waals surface area (Å²) in [5.41, 5.74) is -1.07. The third-order valence-electron chi connectivity index (χ3n) is 2.09. The van der Waals surface area contributed by atoms with Crippen molar-refractivity contribution in [1.82, 2.24) is 0 Å². The minimum Gasteiger partial charge on any atom is -0.430 e. The molecule has 2 fully saturated rings. The molecule has 0 amide bonds. The zero-order valence-corrected chi connectivity index (χ0v) is 6.23. The van der Waals surface area contributed by atoms with Crippen molar-refractivity contribution in [3.05, 3.63) is 6.92 Å². The highest BCUT2D eigenvalue weighted by atomic mass is 16.8. The van der Waals surface area contributed by atoms with E-state index in [1.165, 1.54) is 0 Å². The van der Waals surface area contributed by atoms with Gasteiger partial charge in [-0.05, 0) is 6.92 Å². The monoisotopic (exact) mass is 172 g/mol. The van der Waals surface area contributed by atoms with E-state index in [1.807, 2.05) is 0 Å². The van der Waals surface area contributed by atoms with Crippen LogP contribution in [0.3, 0.4) is 0 Å². The highest BCUT2D eigenvalue weighted by molar-refractivity contribution is 5.63.